The maximum atomic E-state index is 12.7. The molecule has 27 heavy (non-hydrogen) atoms. The first kappa shape index (κ1) is 19.2. The number of nitrogens with one attached hydrogen (secondary N) is 2. The molecule has 0 aliphatic carbocycles. The smallest absolute Gasteiger partial charge is 0.272 e. The van der Waals surface area contributed by atoms with Crippen LogP contribution >= 0.6 is 11.8 Å². The number of fused-ring (bicyclic) bond motifs is 1. The van der Waals surface area contributed by atoms with E-state index in [4.69, 9.17) is 4.74 Å². The summed E-state index contributed by atoms with van der Waals surface area (Å²) in [6, 6.07) is 9.82. The number of benzene rings is 1. The predicted molar refractivity (Wildman–Crippen MR) is 104 cm³/mol. The number of hydrogen-bond acceptors (Lipinski definition) is 7. The Hall–Kier alpha value is -2.52. The minimum absolute atomic E-state index is 0.0692. The molecule has 1 atom stereocenters. The summed E-state index contributed by atoms with van der Waals surface area (Å²) < 4.78 is 4.95. The van der Waals surface area contributed by atoms with Crippen LogP contribution < -0.4 is 10.7 Å². The number of carbonyl (C=O) groups excluding carboxylic acids is 2. The molecule has 0 spiro atoms. The average molecular weight is 389 g/mol. The van der Waals surface area contributed by atoms with E-state index >= 15 is 0 Å². The summed E-state index contributed by atoms with van der Waals surface area (Å²) in [6.07, 6.45) is 3.78. The molecule has 2 aliphatic rings. The highest BCUT2D eigenvalue weighted by Gasteiger charge is 2.37. The lowest BCUT2D eigenvalue weighted by atomic mass is 10.2. The summed E-state index contributed by atoms with van der Waals surface area (Å²) >= 11 is 1.30. The van der Waals surface area contributed by atoms with Crippen molar-refractivity contribution in [1.29, 1.82) is 0 Å². The van der Waals surface area contributed by atoms with Crippen LogP contribution in [0, 0.1) is 0 Å². The second kappa shape index (κ2) is 9.43. The third-order valence-corrected chi connectivity index (χ3v) is 5.05. The summed E-state index contributed by atoms with van der Waals surface area (Å²) in [7, 11) is 1.63. The van der Waals surface area contributed by atoms with Crippen LogP contribution in [-0.2, 0) is 20.9 Å². The Bertz CT molecular complexity index is 725. The summed E-state index contributed by atoms with van der Waals surface area (Å²) in [5, 5.41) is 7.65. The van der Waals surface area contributed by atoms with E-state index in [1.807, 2.05) is 36.5 Å². The van der Waals surface area contributed by atoms with Crippen molar-refractivity contribution in [2.75, 3.05) is 26.0 Å². The lowest BCUT2D eigenvalue weighted by molar-refractivity contribution is -0.134. The van der Waals surface area contributed by atoms with Crippen LogP contribution in [0.5, 0.6) is 0 Å². The molecule has 0 aromatic heterocycles. The molecule has 0 radical (unpaired) electrons. The molecule has 2 amide bonds. The first-order chi connectivity index (χ1) is 13.2. The fourth-order valence-corrected chi connectivity index (χ4v) is 3.49. The fraction of sp³-hybridized carbons (Fsp3) is 0.389. The van der Waals surface area contributed by atoms with E-state index in [0.29, 0.717) is 24.9 Å². The molecule has 2 aliphatic heterocycles. The highest BCUT2D eigenvalue weighted by atomic mass is 32.2. The van der Waals surface area contributed by atoms with Gasteiger partial charge in [-0.3, -0.25) is 19.9 Å². The minimum atomic E-state index is -0.564. The van der Waals surface area contributed by atoms with Crippen LogP contribution in [-0.4, -0.2) is 59.0 Å². The molecular formula is C18H23N5O3S. The zero-order chi connectivity index (χ0) is 19.1. The summed E-state index contributed by atoms with van der Waals surface area (Å²) in [5.74, 6) is 0.0944. The van der Waals surface area contributed by atoms with Gasteiger partial charge >= 0.3 is 0 Å². The van der Waals surface area contributed by atoms with E-state index in [2.05, 4.69) is 15.8 Å². The molecular weight excluding hydrogens is 366 g/mol. The first-order valence-corrected chi connectivity index (χ1v) is 9.70. The fourth-order valence-electron chi connectivity index (χ4n) is 2.70. The van der Waals surface area contributed by atoms with Gasteiger partial charge in [-0.1, -0.05) is 42.1 Å². The van der Waals surface area contributed by atoms with E-state index < -0.39 is 6.17 Å². The highest BCUT2D eigenvalue weighted by molar-refractivity contribution is 8.14. The van der Waals surface area contributed by atoms with Crippen LogP contribution in [0.3, 0.4) is 0 Å². The van der Waals surface area contributed by atoms with Gasteiger partial charge in [0.25, 0.3) is 5.91 Å². The van der Waals surface area contributed by atoms with Gasteiger partial charge < -0.3 is 15.0 Å². The third kappa shape index (κ3) is 5.01. The number of thioether (sulfide) groups is 1. The SMILES string of the molecule is COCCCNC(=O)CSC1=NNC2C(=O)N(Cc3ccccc3)C=CN12. The highest BCUT2D eigenvalue weighted by Crippen LogP contribution is 2.22. The monoisotopic (exact) mass is 389 g/mol. The van der Waals surface area contributed by atoms with Crippen LogP contribution in [0.1, 0.15) is 12.0 Å². The Labute approximate surface area is 162 Å². The van der Waals surface area contributed by atoms with Crippen molar-refractivity contribution >= 4 is 28.7 Å². The summed E-state index contributed by atoms with van der Waals surface area (Å²) in [6.45, 7) is 1.71. The number of ether oxygens (including phenoxy) is 1. The predicted octanol–water partition coefficient (Wildman–Crippen LogP) is 0.888. The van der Waals surface area contributed by atoms with Gasteiger partial charge in [-0.15, -0.1) is 0 Å². The second-order valence-electron chi connectivity index (χ2n) is 6.07. The lowest BCUT2D eigenvalue weighted by Crippen LogP contribution is -2.51. The molecule has 1 aromatic carbocycles. The summed E-state index contributed by atoms with van der Waals surface area (Å²) in [5.41, 5.74) is 3.92. The quantitative estimate of drug-likeness (QED) is 0.642. The van der Waals surface area contributed by atoms with Crippen LogP contribution in [0.15, 0.2) is 47.8 Å². The molecule has 144 valence electrons. The van der Waals surface area contributed by atoms with Gasteiger partial charge in [0.05, 0.1) is 12.3 Å². The van der Waals surface area contributed by atoms with E-state index in [1.54, 1.807) is 23.1 Å². The number of hydrazone groups is 1. The first-order valence-electron chi connectivity index (χ1n) is 8.72. The normalized spacial score (nSPS) is 18.2. The van der Waals surface area contributed by atoms with Crippen molar-refractivity contribution in [1.82, 2.24) is 20.5 Å². The molecule has 2 N–H and O–H groups in total. The maximum Gasteiger partial charge on any atom is 0.272 e. The number of carbonyl (C=O) groups is 2. The molecule has 0 saturated heterocycles. The van der Waals surface area contributed by atoms with Crippen molar-refractivity contribution in [3.8, 4) is 0 Å². The van der Waals surface area contributed by atoms with Gasteiger partial charge in [-0.05, 0) is 12.0 Å². The molecule has 0 fully saturated rings. The largest absolute Gasteiger partial charge is 0.385 e. The Morgan fingerprint density at radius 2 is 2.15 bits per heavy atom. The molecule has 3 rings (SSSR count). The standard InChI is InChI=1S/C18H23N5O3S/c1-26-11-5-8-19-15(24)13-27-18-21-20-16-17(25)22(9-10-23(16)18)12-14-6-3-2-4-7-14/h2-4,6-7,9-10,16,20H,5,8,11-13H2,1H3,(H,19,24). The molecule has 8 nitrogen and oxygen atoms in total. The lowest BCUT2D eigenvalue weighted by Gasteiger charge is -2.31. The molecule has 0 bridgehead atoms. The number of amides is 2. The minimum Gasteiger partial charge on any atom is -0.385 e. The Kier molecular flexibility index (Phi) is 6.72. The molecule has 0 saturated carbocycles. The third-order valence-electron chi connectivity index (χ3n) is 4.08. The van der Waals surface area contributed by atoms with Gasteiger partial charge in [0.15, 0.2) is 5.17 Å². The van der Waals surface area contributed by atoms with Crippen LogP contribution in [0.25, 0.3) is 0 Å². The molecule has 2 heterocycles. The van der Waals surface area contributed by atoms with E-state index in [1.165, 1.54) is 11.8 Å². The topological polar surface area (TPSA) is 86.3 Å². The van der Waals surface area contributed by atoms with Crippen molar-refractivity contribution in [2.24, 2.45) is 5.10 Å². The maximum absolute atomic E-state index is 12.7. The zero-order valence-corrected chi connectivity index (χ0v) is 15.9. The number of nitrogens with zero attached hydrogens (tertiary/aromatic N) is 3. The van der Waals surface area contributed by atoms with Crippen molar-refractivity contribution in [3.05, 3.63) is 48.3 Å². The zero-order valence-electron chi connectivity index (χ0n) is 15.1. The number of amidine groups is 1. The second-order valence-corrected chi connectivity index (χ2v) is 7.01. The Morgan fingerprint density at radius 1 is 1.33 bits per heavy atom. The van der Waals surface area contributed by atoms with Gasteiger partial charge in [-0.25, -0.2) is 0 Å². The van der Waals surface area contributed by atoms with Crippen LogP contribution in [0.4, 0.5) is 0 Å². The van der Waals surface area contributed by atoms with Crippen molar-refractivity contribution in [2.45, 2.75) is 19.1 Å². The van der Waals surface area contributed by atoms with Gasteiger partial charge in [-0.2, -0.15) is 5.10 Å². The van der Waals surface area contributed by atoms with Crippen molar-refractivity contribution < 1.29 is 14.3 Å². The van der Waals surface area contributed by atoms with E-state index in [-0.39, 0.29) is 17.6 Å². The van der Waals surface area contributed by atoms with Gasteiger partial charge in [0.2, 0.25) is 12.1 Å². The van der Waals surface area contributed by atoms with Gasteiger partial charge in [0.1, 0.15) is 0 Å². The number of hydrogen-bond donors (Lipinski definition) is 2. The molecule has 1 unspecified atom stereocenters. The molecule has 9 heteroatoms. The van der Waals surface area contributed by atoms with Crippen LogP contribution in [0.2, 0.25) is 0 Å². The van der Waals surface area contributed by atoms with E-state index in [9.17, 15) is 9.59 Å². The van der Waals surface area contributed by atoms with E-state index in [0.717, 1.165) is 12.0 Å². The Morgan fingerprint density at radius 3 is 2.93 bits per heavy atom. The summed E-state index contributed by atoms with van der Waals surface area (Å²) in [4.78, 5) is 28.0. The number of rotatable bonds is 8. The average Bonchev–Trinajstić information content (AvgIpc) is 3.10. The van der Waals surface area contributed by atoms with Gasteiger partial charge in [0, 0.05) is 32.7 Å². The van der Waals surface area contributed by atoms with Crippen molar-refractivity contribution in [3.63, 3.8) is 0 Å². The molecule has 1 aromatic rings. The Balaban J connectivity index is 1.50. The number of methoxy groups -OCH3 is 1.